The maximum Gasteiger partial charge on any atom is 0.229 e. The Kier molecular flexibility index (Phi) is 4.82. The van der Waals surface area contributed by atoms with Crippen LogP contribution in [0.15, 0.2) is 36.4 Å². The molecule has 0 spiro atoms. The van der Waals surface area contributed by atoms with E-state index in [-0.39, 0.29) is 24.2 Å². The minimum absolute atomic E-state index is 0.0178. The van der Waals surface area contributed by atoms with Crippen LogP contribution >= 0.6 is 11.6 Å². The van der Waals surface area contributed by atoms with E-state index in [0.29, 0.717) is 17.3 Å². The van der Waals surface area contributed by atoms with Crippen LogP contribution in [0.2, 0.25) is 5.02 Å². The molecule has 1 saturated heterocycles. The van der Waals surface area contributed by atoms with Gasteiger partial charge in [-0.3, -0.25) is 9.59 Å². The van der Waals surface area contributed by atoms with Crippen molar-refractivity contribution in [2.75, 3.05) is 16.8 Å². The summed E-state index contributed by atoms with van der Waals surface area (Å²) in [7, 11) is 0. The monoisotopic (exact) mass is 356 g/mol. The number of aryl methyl sites for hydroxylation is 3. The van der Waals surface area contributed by atoms with E-state index in [1.807, 2.05) is 51.1 Å². The number of anilines is 2. The van der Waals surface area contributed by atoms with Gasteiger partial charge in [0, 0.05) is 29.4 Å². The fourth-order valence-corrected chi connectivity index (χ4v) is 3.22. The maximum absolute atomic E-state index is 12.6. The van der Waals surface area contributed by atoms with Gasteiger partial charge in [0.25, 0.3) is 0 Å². The van der Waals surface area contributed by atoms with Gasteiger partial charge in [-0.1, -0.05) is 29.8 Å². The number of nitrogens with one attached hydrogen (secondary N) is 1. The molecule has 2 aromatic rings. The van der Waals surface area contributed by atoms with Crippen LogP contribution < -0.4 is 10.2 Å². The molecule has 1 atom stereocenters. The summed E-state index contributed by atoms with van der Waals surface area (Å²) in [5, 5.41) is 3.48. The smallest absolute Gasteiger partial charge is 0.229 e. The summed E-state index contributed by atoms with van der Waals surface area (Å²) in [6, 6.07) is 11.4. The van der Waals surface area contributed by atoms with E-state index in [2.05, 4.69) is 5.32 Å². The van der Waals surface area contributed by atoms with Gasteiger partial charge in [-0.05, 0) is 55.7 Å². The van der Waals surface area contributed by atoms with Gasteiger partial charge in [-0.25, -0.2) is 0 Å². The predicted molar refractivity (Wildman–Crippen MR) is 101 cm³/mol. The number of halogens is 1. The normalized spacial score (nSPS) is 17.0. The molecule has 0 aromatic heterocycles. The Bertz CT molecular complexity index is 848. The van der Waals surface area contributed by atoms with Crippen LogP contribution in [-0.2, 0) is 9.59 Å². The van der Waals surface area contributed by atoms with E-state index in [1.165, 1.54) is 0 Å². The van der Waals surface area contributed by atoms with E-state index < -0.39 is 0 Å². The van der Waals surface area contributed by atoms with Gasteiger partial charge in [0.15, 0.2) is 0 Å². The van der Waals surface area contributed by atoms with Crippen molar-refractivity contribution in [3.05, 3.63) is 58.1 Å². The van der Waals surface area contributed by atoms with Gasteiger partial charge in [0.2, 0.25) is 11.8 Å². The summed E-state index contributed by atoms with van der Waals surface area (Å²) in [6.07, 6.45) is 0.221. The molecule has 1 N–H and O–H groups in total. The van der Waals surface area contributed by atoms with Crippen LogP contribution in [0.5, 0.6) is 0 Å². The first-order chi connectivity index (χ1) is 11.8. The average Bonchev–Trinajstić information content (AvgIpc) is 2.95. The summed E-state index contributed by atoms with van der Waals surface area (Å²) < 4.78 is 0. The Balaban J connectivity index is 1.74. The lowest BCUT2D eigenvalue weighted by atomic mass is 10.1. The zero-order valence-corrected chi connectivity index (χ0v) is 15.4. The zero-order valence-electron chi connectivity index (χ0n) is 14.6. The first-order valence-corrected chi connectivity index (χ1v) is 8.67. The van der Waals surface area contributed by atoms with Gasteiger partial charge >= 0.3 is 0 Å². The number of benzene rings is 2. The van der Waals surface area contributed by atoms with Crippen molar-refractivity contribution >= 4 is 34.8 Å². The van der Waals surface area contributed by atoms with Crippen LogP contribution in [0.4, 0.5) is 11.4 Å². The van der Waals surface area contributed by atoms with Crippen molar-refractivity contribution in [1.82, 2.24) is 0 Å². The molecule has 25 heavy (non-hydrogen) atoms. The highest BCUT2D eigenvalue weighted by atomic mass is 35.5. The van der Waals surface area contributed by atoms with Gasteiger partial charge in [-0.15, -0.1) is 0 Å². The Morgan fingerprint density at radius 3 is 2.56 bits per heavy atom. The van der Waals surface area contributed by atoms with Crippen molar-refractivity contribution in [3.8, 4) is 0 Å². The third-order valence-electron chi connectivity index (χ3n) is 4.59. The SMILES string of the molecule is Cc1ccc(C)c(N2C[C@@H](C(=O)Nc3ccc(C)c(Cl)c3)CC2=O)c1. The number of carbonyl (C=O) groups is 2. The molecule has 0 saturated carbocycles. The molecule has 4 nitrogen and oxygen atoms in total. The Hall–Kier alpha value is -2.33. The number of amides is 2. The average molecular weight is 357 g/mol. The fraction of sp³-hybridized carbons (Fsp3) is 0.300. The Labute approximate surface area is 152 Å². The standard InChI is InChI=1S/C20H21ClN2O2/c1-12-4-5-14(3)18(8-12)23-11-15(9-19(23)24)20(25)22-16-7-6-13(2)17(21)10-16/h4-8,10,15H,9,11H2,1-3H3,(H,22,25)/t15-/m0/s1. The Morgan fingerprint density at radius 2 is 1.84 bits per heavy atom. The van der Waals surface area contributed by atoms with E-state index in [4.69, 9.17) is 11.6 Å². The molecule has 1 aliphatic heterocycles. The van der Waals surface area contributed by atoms with Crippen LogP contribution in [0.3, 0.4) is 0 Å². The third-order valence-corrected chi connectivity index (χ3v) is 5.00. The molecule has 5 heteroatoms. The molecular formula is C20H21ClN2O2. The summed E-state index contributed by atoms with van der Waals surface area (Å²) in [5.41, 5.74) is 4.62. The second kappa shape index (κ2) is 6.89. The molecular weight excluding hydrogens is 336 g/mol. The fourth-order valence-electron chi connectivity index (χ4n) is 3.04. The van der Waals surface area contributed by atoms with Crippen LogP contribution in [0.1, 0.15) is 23.1 Å². The lowest BCUT2D eigenvalue weighted by Crippen LogP contribution is -2.28. The summed E-state index contributed by atoms with van der Waals surface area (Å²) >= 11 is 6.10. The van der Waals surface area contributed by atoms with Crippen molar-refractivity contribution in [1.29, 1.82) is 0 Å². The van der Waals surface area contributed by atoms with E-state index in [1.54, 1.807) is 11.0 Å². The highest BCUT2D eigenvalue weighted by molar-refractivity contribution is 6.31. The van der Waals surface area contributed by atoms with Crippen LogP contribution in [0, 0.1) is 26.7 Å². The van der Waals surface area contributed by atoms with Crippen molar-refractivity contribution in [3.63, 3.8) is 0 Å². The molecule has 0 unspecified atom stereocenters. The second-order valence-electron chi connectivity index (χ2n) is 6.65. The minimum atomic E-state index is -0.368. The van der Waals surface area contributed by atoms with Crippen molar-refractivity contribution in [2.45, 2.75) is 27.2 Å². The highest BCUT2D eigenvalue weighted by Gasteiger charge is 2.35. The van der Waals surface area contributed by atoms with E-state index >= 15 is 0 Å². The molecule has 0 bridgehead atoms. The van der Waals surface area contributed by atoms with E-state index in [0.717, 1.165) is 22.4 Å². The number of rotatable bonds is 3. The molecule has 0 radical (unpaired) electrons. The maximum atomic E-state index is 12.6. The number of hydrogen-bond acceptors (Lipinski definition) is 2. The quantitative estimate of drug-likeness (QED) is 0.893. The second-order valence-corrected chi connectivity index (χ2v) is 7.06. The van der Waals surface area contributed by atoms with Crippen LogP contribution in [-0.4, -0.2) is 18.4 Å². The highest BCUT2D eigenvalue weighted by Crippen LogP contribution is 2.29. The van der Waals surface area contributed by atoms with Gasteiger partial charge in [0.1, 0.15) is 0 Å². The summed E-state index contributed by atoms with van der Waals surface area (Å²) in [6.45, 7) is 6.28. The lowest BCUT2D eigenvalue weighted by molar-refractivity contribution is -0.122. The van der Waals surface area contributed by atoms with Crippen molar-refractivity contribution in [2.24, 2.45) is 5.92 Å². The first kappa shape index (κ1) is 17.5. The molecule has 1 fully saturated rings. The summed E-state index contributed by atoms with van der Waals surface area (Å²) in [5.74, 6) is -0.538. The van der Waals surface area contributed by atoms with Gasteiger partial charge in [0.05, 0.1) is 5.92 Å². The number of carbonyl (C=O) groups excluding carboxylic acids is 2. The molecule has 1 heterocycles. The lowest BCUT2D eigenvalue weighted by Gasteiger charge is -2.19. The number of nitrogens with zero attached hydrogens (tertiary/aromatic N) is 1. The van der Waals surface area contributed by atoms with E-state index in [9.17, 15) is 9.59 Å². The molecule has 0 aliphatic carbocycles. The number of hydrogen-bond donors (Lipinski definition) is 1. The van der Waals surface area contributed by atoms with Gasteiger partial charge in [-0.2, -0.15) is 0 Å². The van der Waals surface area contributed by atoms with Crippen LogP contribution in [0.25, 0.3) is 0 Å². The first-order valence-electron chi connectivity index (χ1n) is 8.30. The molecule has 130 valence electrons. The predicted octanol–water partition coefficient (Wildman–Crippen LogP) is 4.26. The summed E-state index contributed by atoms with van der Waals surface area (Å²) in [4.78, 5) is 26.7. The molecule has 2 aromatic carbocycles. The largest absolute Gasteiger partial charge is 0.326 e. The van der Waals surface area contributed by atoms with Crippen molar-refractivity contribution < 1.29 is 9.59 Å². The van der Waals surface area contributed by atoms with Gasteiger partial charge < -0.3 is 10.2 Å². The molecule has 1 aliphatic rings. The third kappa shape index (κ3) is 3.69. The Morgan fingerprint density at radius 1 is 1.12 bits per heavy atom. The molecule has 3 rings (SSSR count). The minimum Gasteiger partial charge on any atom is -0.326 e. The topological polar surface area (TPSA) is 49.4 Å². The zero-order chi connectivity index (χ0) is 18.1. The molecule has 2 amide bonds.